The summed E-state index contributed by atoms with van der Waals surface area (Å²) in [6.45, 7) is 2.11. The van der Waals surface area contributed by atoms with Gasteiger partial charge in [0.05, 0.1) is 19.1 Å². The minimum absolute atomic E-state index is 0.117. The Hall–Kier alpha value is -1.89. The molecule has 0 N–H and O–H groups in total. The SMILES string of the molecule is CCOc1ccc(C(=O)CC#N)cc1F. The Morgan fingerprint density at radius 3 is 2.87 bits per heavy atom. The molecular formula is C11H10FNO2. The summed E-state index contributed by atoms with van der Waals surface area (Å²) < 4.78 is 18.3. The number of nitriles is 1. The molecule has 1 aromatic carbocycles. The van der Waals surface area contributed by atoms with E-state index in [4.69, 9.17) is 10.00 Å². The first-order valence-corrected chi connectivity index (χ1v) is 4.51. The molecule has 15 heavy (non-hydrogen) atoms. The van der Waals surface area contributed by atoms with Gasteiger partial charge < -0.3 is 4.74 Å². The highest BCUT2D eigenvalue weighted by Crippen LogP contribution is 2.18. The smallest absolute Gasteiger partial charge is 0.177 e. The molecule has 1 aromatic rings. The van der Waals surface area contributed by atoms with Gasteiger partial charge in [-0.2, -0.15) is 5.26 Å². The first-order valence-electron chi connectivity index (χ1n) is 4.51. The summed E-state index contributed by atoms with van der Waals surface area (Å²) in [4.78, 5) is 11.2. The number of nitrogens with zero attached hydrogens (tertiary/aromatic N) is 1. The predicted octanol–water partition coefficient (Wildman–Crippen LogP) is 2.32. The molecule has 0 amide bonds. The van der Waals surface area contributed by atoms with Gasteiger partial charge in [-0.25, -0.2) is 4.39 Å². The highest BCUT2D eigenvalue weighted by Gasteiger charge is 2.09. The van der Waals surface area contributed by atoms with Gasteiger partial charge in [0.25, 0.3) is 0 Å². The van der Waals surface area contributed by atoms with Crippen molar-refractivity contribution in [2.24, 2.45) is 0 Å². The van der Waals surface area contributed by atoms with Crippen LogP contribution in [0.3, 0.4) is 0 Å². The lowest BCUT2D eigenvalue weighted by Crippen LogP contribution is -2.00. The van der Waals surface area contributed by atoms with Crippen molar-refractivity contribution >= 4 is 5.78 Å². The fraction of sp³-hybridized carbons (Fsp3) is 0.273. The molecule has 0 fully saturated rings. The Morgan fingerprint density at radius 2 is 2.33 bits per heavy atom. The van der Waals surface area contributed by atoms with Crippen LogP contribution in [-0.4, -0.2) is 12.4 Å². The van der Waals surface area contributed by atoms with Crippen LogP contribution in [0.2, 0.25) is 0 Å². The molecular weight excluding hydrogens is 197 g/mol. The first-order chi connectivity index (χ1) is 7.19. The fourth-order valence-corrected chi connectivity index (χ4v) is 1.12. The van der Waals surface area contributed by atoms with Crippen molar-refractivity contribution < 1.29 is 13.9 Å². The molecule has 1 rings (SSSR count). The predicted molar refractivity (Wildman–Crippen MR) is 52.1 cm³/mol. The highest BCUT2D eigenvalue weighted by atomic mass is 19.1. The van der Waals surface area contributed by atoms with Crippen molar-refractivity contribution in [1.82, 2.24) is 0 Å². The van der Waals surface area contributed by atoms with Crippen molar-refractivity contribution in [3.8, 4) is 11.8 Å². The molecule has 0 aliphatic heterocycles. The summed E-state index contributed by atoms with van der Waals surface area (Å²) in [6, 6.07) is 5.65. The minimum atomic E-state index is -0.583. The van der Waals surface area contributed by atoms with E-state index in [1.807, 2.05) is 0 Å². The Bertz CT molecular complexity index is 410. The van der Waals surface area contributed by atoms with Crippen LogP contribution in [0.25, 0.3) is 0 Å². The lowest BCUT2D eigenvalue weighted by Gasteiger charge is -2.05. The van der Waals surface area contributed by atoms with Crippen LogP contribution in [0.5, 0.6) is 5.75 Å². The van der Waals surface area contributed by atoms with E-state index in [0.717, 1.165) is 6.07 Å². The zero-order chi connectivity index (χ0) is 11.3. The van der Waals surface area contributed by atoms with E-state index in [1.54, 1.807) is 13.0 Å². The Morgan fingerprint density at radius 1 is 1.60 bits per heavy atom. The number of ether oxygens (including phenoxy) is 1. The number of rotatable bonds is 4. The number of hydrogen-bond donors (Lipinski definition) is 0. The van der Waals surface area contributed by atoms with Gasteiger partial charge in [0.2, 0.25) is 0 Å². The zero-order valence-corrected chi connectivity index (χ0v) is 8.29. The van der Waals surface area contributed by atoms with Gasteiger partial charge in [-0.05, 0) is 25.1 Å². The molecule has 0 bridgehead atoms. The molecule has 78 valence electrons. The lowest BCUT2D eigenvalue weighted by molar-refractivity contribution is 0.0997. The number of ketones is 1. The summed E-state index contributed by atoms with van der Waals surface area (Å²) >= 11 is 0. The maximum atomic E-state index is 13.3. The second-order valence-electron chi connectivity index (χ2n) is 2.84. The van der Waals surface area contributed by atoms with Crippen LogP contribution in [-0.2, 0) is 0 Å². The maximum absolute atomic E-state index is 13.3. The summed E-state index contributed by atoms with van der Waals surface area (Å²) in [6.07, 6.45) is -0.243. The molecule has 0 atom stereocenters. The van der Waals surface area contributed by atoms with E-state index in [9.17, 15) is 9.18 Å². The molecule has 0 saturated carbocycles. The van der Waals surface area contributed by atoms with Crippen molar-refractivity contribution in [1.29, 1.82) is 5.26 Å². The zero-order valence-electron chi connectivity index (χ0n) is 8.29. The normalized spacial score (nSPS) is 9.40. The van der Waals surface area contributed by atoms with E-state index < -0.39 is 5.82 Å². The number of carbonyl (C=O) groups excluding carboxylic acids is 1. The second-order valence-corrected chi connectivity index (χ2v) is 2.84. The quantitative estimate of drug-likeness (QED) is 0.712. The number of hydrogen-bond acceptors (Lipinski definition) is 3. The van der Waals surface area contributed by atoms with Crippen molar-refractivity contribution in [2.75, 3.05) is 6.61 Å². The number of benzene rings is 1. The van der Waals surface area contributed by atoms with Crippen molar-refractivity contribution in [2.45, 2.75) is 13.3 Å². The third kappa shape index (κ3) is 2.78. The van der Waals surface area contributed by atoms with Crippen LogP contribution >= 0.6 is 0 Å². The average molecular weight is 207 g/mol. The highest BCUT2D eigenvalue weighted by molar-refractivity contribution is 5.97. The van der Waals surface area contributed by atoms with E-state index in [0.29, 0.717) is 6.61 Å². The first kappa shape index (κ1) is 11.2. The number of Topliss-reactive ketones (excluding diaryl/α,β-unsaturated/α-hetero) is 1. The molecule has 0 aliphatic carbocycles. The van der Waals surface area contributed by atoms with Gasteiger partial charge in [0.1, 0.15) is 0 Å². The van der Waals surface area contributed by atoms with Gasteiger partial charge >= 0.3 is 0 Å². The van der Waals surface area contributed by atoms with Crippen LogP contribution in [0.4, 0.5) is 4.39 Å². The fourth-order valence-electron chi connectivity index (χ4n) is 1.12. The van der Waals surface area contributed by atoms with E-state index in [1.165, 1.54) is 12.1 Å². The third-order valence-corrected chi connectivity index (χ3v) is 1.79. The standard InChI is InChI=1S/C11H10FNO2/c1-2-15-11-4-3-8(7-9(11)12)10(14)5-6-13/h3-4,7H,2,5H2,1H3. The van der Waals surface area contributed by atoms with E-state index >= 15 is 0 Å². The van der Waals surface area contributed by atoms with E-state index in [2.05, 4.69) is 0 Å². The number of carbonyl (C=O) groups is 1. The third-order valence-electron chi connectivity index (χ3n) is 1.79. The Labute approximate surface area is 87.1 Å². The lowest BCUT2D eigenvalue weighted by atomic mass is 10.1. The molecule has 0 heterocycles. The maximum Gasteiger partial charge on any atom is 0.177 e. The summed E-state index contributed by atoms with van der Waals surface area (Å²) in [5.74, 6) is -0.855. The monoisotopic (exact) mass is 207 g/mol. The van der Waals surface area contributed by atoms with Crippen LogP contribution in [0, 0.1) is 17.1 Å². The molecule has 0 saturated heterocycles. The Kier molecular flexibility index (Phi) is 3.81. The van der Waals surface area contributed by atoms with E-state index in [-0.39, 0.29) is 23.5 Å². The molecule has 0 radical (unpaired) electrons. The van der Waals surface area contributed by atoms with Crippen molar-refractivity contribution in [3.63, 3.8) is 0 Å². The van der Waals surface area contributed by atoms with Gasteiger partial charge in [-0.1, -0.05) is 0 Å². The summed E-state index contributed by atoms with van der Waals surface area (Å²) in [5.41, 5.74) is 0.192. The summed E-state index contributed by atoms with van der Waals surface area (Å²) in [7, 11) is 0. The molecule has 4 heteroatoms. The van der Waals surface area contributed by atoms with Gasteiger partial charge in [0.15, 0.2) is 17.3 Å². The van der Waals surface area contributed by atoms with Crippen molar-refractivity contribution in [3.05, 3.63) is 29.6 Å². The summed E-state index contributed by atoms with van der Waals surface area (Å²) in [5, 5.41) is 8.32. The molecule has 0 unspecified atom stereocenters. The largest absolute Gasteiger partial charge is 0.491 e. The van der Waals surface area contributed by atoms with Gasteiger partial charge in [-0.15, -0.1) is 0 Å². The van der Waals surface area contributed by atoms with Gasteiger partial charge in [-0.3, -0.25) is 4.79 Å². The van der Waals surface area contributed by atoms with Gasteiger partial charge in [0, 0.05) is 5.56 Å². The Balaban J connectivity index is 2.92. The minimum Gasteiger partial charge on any atom is -0.491 e. The second kappa shape index (κ2) is 5.11. The molecule has 3 nitrogen and oxygen atoms in total. The molecule has 0 aromatic heterocycles. The average Bonchev–Trinajstić information content (AvgIpc) is 2.21. The molecule has 0 aliphatic rings. The topological polar surface area (TPSA) is 50.1 Å². The number of halogens is 1. The van der Waals surface area contributed by atoms with Crippen LogP contribution in [0.15, 0.2) is 18.2 Å². The van der Waals surface area contributed by atoms with Crippen LogP contribution in [0.1, 0.15) is 23.7 Å². The molecule has 0 spiro atoms. The van der Waals surface area contributed by atoms with Crippen LogP contribution < -0.4 is 4.74 Å².